The van der Waals surface area contributed by atoms with Crippen LogP contribution in [0.15, 0.2) is 23.6 Å². The van der Waals surface area contributed by atoms with Crippen molar-refractivity contribution in [3.63, 3.8) is 0 Å². The highest BCUT2D eigenvalue weighted by atomic mass is 35.5. The SMILES string of the molecule is Cc1nc(S(=O)(=O)NCCC(=O)N2CCNCC2c2nccn2C)cn1C.Cl. The molecule has 0 aromatic carbocycles. The molecule has 0 spiro atoms. The third-order valence-electron chi connectivity index (χ3n) is 4.71. The Bertz CT molecular complexity index is 905. The molecule has 10 nitrogen and oxygen atoms in total. The average Bonchev–Trinajstić information content (AvgIpc) is 3.21. The van der Waals surface area contributed by atoms with Gasteiger partial charge in [0, 0.05) is 65.3 Å². The summed E-state index contributed by atoms with van der Waals surface area (Å²) < 4.78 is 30.6. The fourth-order valence-electron chi connectivity index (χ4n) is 3.10. The van der Waals surface area contributed by atoms with E-state index in [2.05, 4.69) is 20.0 Å². The van der Waals surface area contributed by atoms with Crippen LogP contribution in [0.4, 0.5) is 0 Å². The molecule has 3 heterocycles. The summed E-state index contributed by atoms with van der Waals surface area (Å²) in [5.41, 5.74) is 0. The zero-order valence-electron chi connectivity index (χ0n) is 16.1. The quantitative estimate of drug-likeness (QED) is 0.650. The molecular formula is C16H26ClN7O3S. The van der Waals surface area contributed by atoms with Gasteiger partial charge in [0.25, 0.3) is 10.0 Å². The van der Waals surface area contributed by atoms with Crippen LogP contribution < -0.4 is 10.0 Å². The summed E-state index contributed by atoms with van der Waals surface area (Å²) in [6.07, 6.45) is 5.07. The van der Waals surface area contributed by atoms with Gasteiger partial charge in [-0.15, -0.1) is 12.4 Å². The fourth-order valence-corrected chi connectivity index (χ4v) is 4.17. The lowest BCUT2D eigenvalue weighted by Crippen LogP contribution is -2.50. The second-order valence-electron chi connectivity index (χ2n) is 6.59. The Morgan fingerprint density at radius 3 is 2.71 bits per heavy atom. The first kappa shape index (κ1) is 22.3. The Kier molecular flexibility index (Phi) is 7.21. The van der Waals surface area contributed by atoms with Crippen LogP contribution in [0.5, 0.6) is 0 Å². The van der Waals surface area contributed by atoms with Crippen LogP contribution >= 0.6 is 12.4 Å². The molecule has 0 radical (unpaired) electrons. The predicted molar refractivity (Wildman–Crippen MR) is 106 cm³/mol. The van der Waals surface area contributed by atoms with E-state index >= 15 is 0 Å². The largest absolute Gasteiger partial charge is 0.337 e. The summed E-state index contributed by atoms with van der Waals surface area (Å²) in [7, 11) is -0.113. The molecule has 2 N–H and O–H groups in total. The molecule has 12 heteroatoms. The minimum absolute atomic E-state index is 0. The molecule has 2 aromatic rings. The van der Waals surface area contributed by atoms with Gasteiger partial charge in [0.15, 0.2) is 5.03 Å². The van der Waals surface area contributed by atoms with Gasteiger partial charge in [0.2, 0.25) is 5.91 Å². The number of halogens is 1. The summed E-state index contributed by atoms with van der Waals surface area (Å²) in [6, 6.07) is -0.165. The van der Waals surface area contributed by atoms with E-state index in [0.29, 0.717) is 25.5 Å². The van der Waals surface area contributed by atoms with E-state index < -0.39 is 10.0 Å². The van der Waals surface area contributed by atoms with Gasteiger partial charge in [-0.3, -0.25) is 4.79 Å². The molecule has 28 heavy (non-hydrogen) atoms. The molecule has 1 aliphatic rings. The van der Waals surface area contributed by atoms with Crippen molar-refractivity contribution in [2.45, 2.75) is 24.4 Å². The third-order valence-corrected chi connectivity index (χ3v) is 6.04. The number of aromatic nitrogens is 4. The molecule has 1 unspecified atom stereocenters. The highest BCUT2D eigenvalue weighted by Crippen LogP contribution is 2.21. The van der Waals surface area contributed by atoms with Crippen LogP contribution in [-0.4, -0.2) is 64.5 Å². The number of nitrogens with zero attached hydrogens (tertiary/aromatic N) is 5. The highest BCUT2D eigenvalue weighted by Gasteiger charge is 2.30. The Labute approximate surface area is 170 Å². The first-order chi connectivity index (χ1) is 12.8. The molecule has 1 saturated heterocycles. The lowest BCUT2D eigenvalue weighted by atomic mass is 10.1. The van der Waals surface area contributed by atoms with Gasteiger partial charge in [-0.1, -0.05) is 0 Å². The van der Waals surface area contributed by atoms with Gasteiger partial charge in [-0.05, 0) is 6.92 Å². The predicted octanol–water partition coefficient (Wildman–Crippen LogP) is -0.275. The topological polar surface area (TPSA) is 114 Å². The monoisotopic (exact) mass is 431 g/mol. The number of nitrogens with one attached hydrogen (secondary N) is 2. The molecule has 1 amide bonds. The molecule has 2 aromatic heterocycles. The van der Waals surface area contributed by atoms with Crippen LogP contribution in [0.2, 0.25) is 0 Å². The van der Waals surface area contributed by atoms with Crippen molar-refractivity contribution in [3.8, 4) is 0 Å². The molecule has 1 atom stereocenters. The van der Waals surface area contributed by atoms with E-state index in [9.17, 15) is 13.2 Å². The number of aryl methyl sites for hydroxylation is 3. The molecule has 0 saturated carbocycles. The van der Waals surface area contributed by atoms with Crippen molar-refractivity contribution in [2.75, 3.05) is 26.2 Å². The zero-order valence-corrected chi connectivity index (χ0v) is 17.8. The Morgan fingerprint density at radius 1 is 1.36 bits per heavy atom. The molecule has 0 bridgehead atoms. The van der Waals surface area contributed by atoms with E-state index in [4.69, 9.17) is 0 Å². The van der Waals surface area contributed by atoms with Crippen molar-refractivity contribution >= 4 is 28.3 Å². The molecule has 1 aliphatic heterocycles. The number of carbonyl (C=O) groups is 1. The van der Waals surface area contributed by atoms with Gasteiger partial charge < -0.3 is 19.4 Å². The van der Waals surface area contributed by atoms with Crippen molar-refractivity contribution in [1.82, 2.24) is 34.0 Å². The highest BCUT2D eigenvalue weighted by molar-refractivity contribution is 7.89. The van der Waals surface area contributed by atoms with Gasteiger partial charge in [0.1, 0.15) is 17.7 Å². The maximum Gasteiger partial charge on any atom is 0.259 e. The standard InChI is InChI=1S/C16H25N7O3S.ClH/c1-12-20-14(11-22(12)3)27(25,26)19-5-4-15(24)23-9-6-17-10-13(23)16-18-7-8-21(16)2;/h7-8,11,13,17,19H,4-6,9-10H2,1-3H3;1H. The normalized spacial score (nSPS) is 17.4. The summed E-state index contributed by atoms with van der Waals surface area (Å²) in [5, 5.41) is 3.24. The van der Waals surface area contributed by atoms with E-state index in [1.54, 1.807) is 29.6 Å². The molecule has 1 fully saturated rings. The molecule has 3 rings (SSSR count). The summed E-state index contributed by atoms with van der Waals surface area (Å²) in [5.74, 6) is 1.30. The second kappa shape index (κ2) is 9.03. The minimum atomic E-state index is -3.73. The number of hydrogen-bond acceptors (Lipinski definition) is 6. The van der Waals surface area contributed by atoms with Crippen molar-refractivity contribution in [3.05, 3.63) is 30.2 Å². The van der Waals surface area contributed by atoms with E-state index in [0.717, 1.165) is 5.82 Å². The van der Waals surface area contributed by atoms with Crippen LogP contribution in [0.25, 0.3) is 0 Å². The lowest BCUT2D eigenvalue weighted by molar-refractivity contribution is -0.134. The van der Waals surface area contributed by atoms with Gasteiger partial charge in [-0.2, -0.15) is 0 Å². The van der Waals surface area contributed by atoms with E-state index in [1.165, 1.54) is 6.20 Å². The fraction of sp³-hybridized carbons (Fsp3) is 0.562. The summed E-state index contributed by atoms with van der Waals surface area (Å²) >= 11 is 0. The Balaban J connectivity index is 0.00000280. The number of hydrogen-bond donors (Lipinski definition) is 2. The zero-order chi connectivity index (χ0) is 19.6. The lowest BCUT2D eigenvalue weighted by Gasteiger charge is -2.35. The number of rotatable bonds is 6. The first-order valence-electron chi connectivity index (χ1n) is 8.76. The minimum Gasteiger partial charge on any atom is -0.337 e. The van der Waals surface area contributed by atoms with E-state index in [-0.39, 0.29) is 42.3 Å². The Morgan fingerprint density at radius 2 is 2.11 bits per heavy atom. The first-order valence-corrected chi connectivity index (χ1v) is 10.2. The average molecular weight is 432 g/mol. The van der Waals surface area contributed by atoms with E-state index in [1.807, 2.05) is 17.8 Å². The van der Waals surface area contributed by atoms with Crippen molar-refractivity contribution < 1.29 is 13.2 Å². The number of piperazine rings is 1. The Hall–Kier alpha value is -1.95. The van der Waals surface area contributed by atoms with Crippen molar-refractivity contribution in [2.24, 2.45) is 14.1 Å². The smallest absolute Gasteiger partial charge is 0.259 e. The number of sulfonamides is 1. The summed E-state index contributed by atoms with van der Waals surface area (Å²) in [6.45, 7) is 3.63. The summed E-state index contributed by atoms with van der Waals surface area (Å²) in [4.78, 5) is 22.8. The number of carbonyl (C=O) groups excluding carboxylic acids is 1. The van der Waals surface area contributed by atoms with Crippen LogP contribution in [0.3, 0.4) is 0 Å². The van der Waals surface area contributed by atoms with Gasteiger partial charge in [-0.25, -0.2) is 23.1 Å². The second-order valence-corrected chi connectivity index (χ2v) is 8.30. The van der Waals surface area contributed by atoms with Crippen LogP contribution in [-0.2, 0) is 28.9 Å². The molecule has 156 valence electrons. The van der Waals surface area contributed by atoms with Gasteiger partial charge >= 0.3 is 0 Å². The van der Waals surface area contributed by atoms with Gasteiger partial charge in [0.05, 0.1) is 0 Å². The molecule has 0 aliphatic carbocycles. The number of amides is 1. The van der Waals surface area contributed by atoms with Crippen molar-refractivity contribution in [1.29, 1.82) is 0 Å². The third kappa shape index (κ3) is 4.72. The number of imidazole rings is 2. The van der Waals surface area contributed by atoms with Crippen LogP contribution in [0, 0.1) is 6.92 Å². The van der Waals surface area contributed by atoms with Crippen LogP contribution in [0.1, 0.15) is 24.1 Å². The molecular weight excluding hydrogens is 406 g/mol. The maximum atomic E-state index is 12.7. The maximum absolute atomic E-state index is 12.7.